The lowest BCUT2D eigenvalue weighted by atomic mass is 10.2. The van der Waals surface area contributed by atoms with Crippen LogP contribution < -0.4 is 4.74 Å². The van der Waals surface area contributed by atoms with Crippen LogP contribution in [0.2, 0.25) is 5.15 Å². The van der Waals surface area contributed by atoms with Crippen LogP contribution in [0.5, 0.6) is 5.75 Å². The SMILES string of the molecule is OC(COCc1ccccc1)COc1cccnc1Cl. The van der Waals surface area contributed by atoms with Crippen molar-refractivity contribution in [2.24, 2.45) is 0 Å². The quantitative estimate of drug-likeness (QED) is 0.798. The molecule has 0 aliphatic carbocycles. The van der Waals surface area contributed by atoms with Crippen LogP contribution in [-0.4, -0.2) is 29.4 Å². The molecule has 20 heavy (non-hydrogen) atoms. The van der Waals surface area contributed by atoms with Crippen molar-refractivity contribution >= 4 is 11.6 Å². The molecule has 0 saturated heterocycles. The molecule has 1 heterocycles. The van der Waals surface area contributed by atoms with Gasteiger partial charge in [0.25, 0.3) is 0 Å². The minimum atomic E-state index is -0.713. The predicted octanol–water partition coefficient (Wildman–Crippen LogP) is 2.69. The molecule has 2 aromatic rings. The third-order valence-corrected chi connectivity index (χ3v) is 2.86. The fraction of sp³-hybridized carbons (Fsp3) is 0.267. The van der Waals surface area contributed by atoms with Crippen molar-refractivity contribution in [3.05, 3.63) is 59.4 Å². The number of hydrogen-bond acceptors (Lipinski definition) is 4. The van der Waals surface area contributed by atoms with Crippen LogP contribution in [0, 0.1) is 0 Å². The molecular weight excluding hydrogens is 278 g/mol. The molecule has 0 radical (unpaired) electrons. The summed E-state index contributed by atoms with van der Waals surface area (Å²) < 4.78 is 10.8. The van der Waals surface area contributed by atoms with Gasteiger partial charge in [-0.15, -0.1) is 0 Å². The topological polar surface area (TPSA) is 51.6 Å². The van der Waals surface area contributed by atoms with Gasteiger partial charge in [0.05, 0.1) is 13.2 Å². The molecule has 4 nitrogen and oxygen atoms in total. The van der Waals surface area contributed by atoms with E-state index in [1.165, 1.54) is 0 Å². The van der Waals surface area contributed by atoms with Crippen molar-refractivity contribution in [1.29, 1.82) is 0 Å². The monoisotopic (exact) mass is 293 g/mol. The van der Waals surface area contributed by atoms with Crippen molar-refractivity contribution in [1.82, 2.24) is 4.98 Å². The molecule has 0 fully saturated rings. The highest BCUT2D eigenvalue weighted by Crippen LogP contribution is 2.20. The molecule has 1 aromatic carbocycles. The summed E-state index contributed by atoms with van der Waals surface area (Å²) in [6.45, 7) is 0.776. The minimum absolute atomic E-state index is 0.111. The van der Waals surface area contributed by atoms with Crippen molar-refractivity contribution in [2.45, 2.75) is 12.7 Å². The third-order valence-electron chi connectivity index (χ3n) is 2.58. The molecule has 2 rings (SSSR count). The molecule has 1 unspecified atom stereocenters. The summed E-state index contributed by atoms with van der Waals surface area (Å²) in [4.78, 5) is 3.89. The first-order valence-electron chi connectivity index (χ1n) is 6.29. The predicted molar refractivity (Wildman–Crippen MR) is 76.8 cm³/mol. The van der Waals surface area contributed by atoms with E-state index in [9.17, 15) is 5.11 Å². The van der Waals surface area contributed by atoms with Crippen LogP contribution in [0.3, 0.4) is 0 Å². The van der Waals surface area contributed by atoms with Crippen LogP contribution in [0.4, 0.5) is 0 Å². The summed E-state index contributed by atoms with van der Waals surface area (Å²) in [5.74, 6) is 0.455. The number of aromatic nitrogens is 1. The number of aliphatic hydroxyl groups is 1. The molecule has 106 valence electrons. The van der Waals surface area contributed by atoms with E-state index in [0.717, 1.165) is 5.56 Å². The van der Waals surface area contributed by atoms with E-state index in [1.807, 2.05) is 30.3 Å². The van der Waals surface area contributed by atoms with Gasteiger partial charge in [0, 0.05) is 6.20 Å². The standard InChI is InChI=1S/C15H16ClNO3/c16-15-14(7-4-8-17-15)20-11-13(18)10-19-9-12-5-2-1-3-6-12/h1-8,13,18H,9-11H2. The maximum absolute atomic E-state index is 9.77. The third kappa shape index (κ3) is 4.81. The first kappa shape index (κ1) is 14.8. The normalized spacial score (nSPS) is 12.1. The second-order valence-corrected chi connectivity index (χ2v) is 4.62. The Balaban J connectivity index is 1.68. The lowest BCUT2D eigenvalue weighted by Gasteiger charge is -2.13. The molecule has 0 aliphatic heterocycles. The highest BCUT2D eigenvalue weighted by molar-refractivity contribution is 6.30. The van der Waals surface area contributed by atoms with E-state index < -0.39 is 6.10 Å². The first-order chi connectivity index (χ1) is 9.75. The Bertz CT molecular complexity index is 522. The van der Waals surface area contributed by atoms with Crippen molar-refractivity contribution < 1.29 is 14.6 Å². The highest BCUT2D eigenvalue weighted by atomic mass is 35.5. The number of hydrogen-bond donors (Lipinski definition) is 1. The number of nitrogens with zero attached hydrogens (tertiary/aromatic N) is 1. The van der Waals surface area contributed by atoms with Crippen LogP contribution >= 0.6 is 11.6 Å². The molecule has 5 heteroatoms. The molecule has 0 amide bonds. The van der Waals surface area contributed by atoms with Crippen molar-refractivity contribution in [2.75, 3.05) is 13.2 Å². The van der Waals surface area contributed by atoms with E-state index in [1.54, 1.807) is 18.3 Å². The second-order valence-electron chi connectivity index (χ2n) is 4.26. The zero-order valence-electron chi connectivity index (χ0n) is 10.9. The molecule has 1 N–H and O–H groups in total. The maximum Gasteiger partial charge on any atom is 0.171 e. The fourth-order valence-electron chi connectivity index (χ4n) is 1.60. The van der Waals surface area contributed by atoms with Crippen LogP contribution in [0.15, 0.2) is 48.7 Å². The molecule has 0 aliphatic rings. The van der Waals surface area contributed by atoms with E-state index in [2.05, 4.69) is 4.98 Å². The fourth-order valence-corrected chi connectivity index (χ4v) is 1.77. The smallest absolute Gasteiger partial charge is 0.171 e. The van der Waals surface area contributed by atoms with Gasteiger partial charge in [-0.25, -0.2) is 4.98 Å². The van der Waals surface area contributed by atoms with Crippen molar-refractivity contribution in [3.8, 4) is 5.75 Å². The second kappa shape index (κ2) is 7.85. The van der Waals surface area contributed by atoms with Gasteiger partial charge in [-0.2, -0.15) is 0 Å². The largest absolute Gasteiger partial charge is 0.488 e. The molecule has 0 spiro atoms. The summed E-state index contributed by atoms with van der Waals surface area (Å²) in [5, 5.41) is 10.0. The summed E-state index contributed by atoms with van der Waals surface area (Å²) >= 11 is 5.84. The molecule has 1 aromatic heterocycles. The molecule has 0 saturated carbocycles. The number of benzene rings is 1. The Morgan fingerprint density at radius 2 is 1.90 bits per heavy atom. The van der Waals surface area contributed by atoms with Gasteiger partial charge in [0.1, 0.15) is 12.7 Å². The number of ether oxygens (including phenoxy) is 2. The number of pyridine rings is 1. The van der Waals surface area contributed by atoms with E-state index in [4.69, 9.17) is 21.1 Å². The summed E-state index contributed by atoms with van der Waals surface area (Å²) in [7, 11) is 0. The number of aliphatic hydroxyl groups excluding tert-OH is 1. The Morgan fingerprint density at radius 1 is 1.10 bits per heavy atom. The summed E-state index contributed by atoms with van der Waals surface area (Å²) in [5.41, 5.74) is 1.07. The summed E-state index contributed by atoms with van der Waals surface area (Å²) in [6, 6.07) is 13.2. The van der Waals surface area contributed by atoms with E-state index in [0.29, 0.717) is 12.4 Å². The maximum atomic E-state index is 9.77. The molecule has 1 atom stereocenters. The van der Waals surface area contributed by atoms with Gasteiger partial charge >= 0.3 is 0 Å². The average molecular weight is 294 g/mol. The molecular formula is C15H16ClNO3. The summed E-state index contributed by atoms with van der Waals surface area (Å²) in [6.07, 6.45) is 0.865. The van der Waals surface area contributed by atoms with E-state index >= 15 is 0 Å². The Morgan fingerprint density at radius 3 is 2.65 bits per heavy atom. The zero-order chi connectivity index (χ0) is 14.2. The number of halogens is 1. The van der Waals surface area contributed by atoms with Gasteiger partial charge in [-0.3, -0.25) is 0 Å². The van der Waals surface area contributed by atoms with Gasteiger partial charge < -0.3 is 14.6 Å². The van der Waals surface area contributed by atoms with E-state index in [-0.39, 0.29) is 18.4 Å². The Kier molecular flexibility index (Phi) is 5.80. The van der Waals surface area contributed by atoms with Gasteiger partial charge in [-0.1, -0.05) is 41.9 Å². The number of rotatable bonds is 7. The van der Waals surface area contributed by atoms with Crippen LogP contribution in [0.25, 0.3) is 0 Å². The first-order valence-corrected chi connectivity index (χ1v) is 6.66. The Labute approximate surface area is 122 Å². The van der Waals surface area contributed by atoms with Gasteiger partial charge in [-0.05, 0) is 17.7 Å². The van der Waals surface area contributed by atoms with Gasteiger partial charge in [0.15, 0.2) is 10.9 Å². The molecule has 0 bridgehead atoms. The van der Waals surface area contributed by atoms with Crippen molar-refractivity contribution in [3.63, 3.8) is 0 Å². The average Bonchev–Trinajstić information content (AvgIpc) is 2.47. The Hall–Kier alpha value is -1.62. The van der Waals surface area contributed by atoms with Crippen LogP contribution in [0.1, 0.15) is 5.56 Å². The minimum Gasteiger partial charge on any atom is -0.488 e. The van der Waals surface area contributed by atoms with Gasteiger partial charge in [0.2, 0.25) is 0 Å². The highest BCUT2D eigenvalue weighted by Gasteiger charge is 2.08. The lowest BCUT2D eigenvalue weighted by molar-refractivity contribution is 0.00545. The van der Waals surface area contributed by atoms with Crippen LogP contribution in [-0.2, 0) is 11.3 Å². The zero-order valence-corrected chi connectivity index (χ0v) is 11.7. The lowest BCUT2D eigenvalue weighted by Crippen LogP contribution is -2.23.